The SMILES string of the molecule is Cc1noc(CCCC(=O)N2CCC(C)C2)n1. The molecule has 2 rings (SSSR count). The van der Waals surface area contributed by atoms with E-state index in [1.807, 2.05) is 4.90 Å². The van der Waals surface area contributed by atoms with Gasteiger partial charge in [0.25, 0.3) is 0 Å². The highest BCUT2D eigenvalue weighted by molar-refractivity contribution is 5.76. The van der Waals surface area contributed by atoms with E-state index in [0.29, 0.717) is 30.5 Å². The molecule has 1 aliphatic heterocycles. The second kappa shape index (κ2) is 5.29. The first-order valence-corrected chi connectivity index (χ1v) is 6.22. The van der Waals surface area contributed by atoms with Crippen LogP contribution >= 0.6 is 0 Å². The van der Waals surface area contributed by atoms with E-state index in [-0.39, 0.29) is 5.91 Å². The second-order valence-electron chi connectivity index (χ2n) is 4.82. The molecule has 17 heavy (non-hydrogen) atoms. The molecule has 0 radical (unpaired) electrons. The first kappa shape index (κ1) is 12.1. The van der Waals surface area contributed by atoms with Crippen molar-refractivity contribution in [2.45, 2.75) is 39.5 Å². The highest BCUT2D eigenvalue weighted by Crippen LogP contribution is 2.16. The van der Waals surface area contributed by atoms with Crippen LogP contribution in [0.25, 0.3) is 0 Å². The first-order chi connectivity index (χ1) is 8.15. The normalized spacial score (nSPS) is 19.9. The molecule has 0 bridgehead atoms. The van der Waals surface area contributed by atoms with Crippen LogP contribution in [-0.4, -0.2) is 34.0 Å². The smallest absolute Gasteiger partial charge is 0.226 e. The van der Waals surface area contributed by atoms with Crippen LogP contribution in [0.1, 0.15) is 37.9 Å². The molecule has 1 unspecified atom stereocenters. The fourth-order valence-corrected chi connectivity index (χ4v) is 2.15. The third-order valence-corrected chi connectivity index (χ3v) is 3.13. The van der Waals surface area contributed by atoms with E-state index in [1.54, 1.807) is 6.92 Å². The van der Waals surface area contributed by atoms with Gasteiger partial charge in [-0.3, -0.25) is 4.79 Å². The van der Waals surface area contributed by atoms with Crippen molar-refractivity contribution in [3.8, 4) is 0 Å². The van der Waals surface area contributed by atoms with Crippen LogP contribution in [0.5, 0.6) is 0 Å². The minimum atomic E-state index is 0.255. The lowest BCUT2D eigenvalue weighted by atomic mass is 10.2. The number of aryl methyl sites for hydroxylation is 2. The van der Waals surface area contributed by atoms with Gasteiger partial charge in [0.15, 0.2) is 5.82 Å². The third-order valence-electron chi connectivity index (χ3n) is 3.13. The number of hydrogen-bond acceptors (Lipinski definition) is 4. The summed E-state index contributed by atoms with van der Waals surface area (Å²) in [6, 6.07) is 0. The summed E-state index contributed by atoms with van der Waals surface area (Å²) in [6.07, 6.45) is 3.18. The summed E-state index contributed by atoms with van der Waals surface area (Å²) >= 11 is 0. The van der Waals surface area contributed by atoms with Crippen molar-refractivity contribution in [1.82, 2.24) is 15.0 Å². The third kappa shape index (κ3) is 3.28. The molecule has 1 aliphatic rings. The van der Waals surface area contributed by atoms with Gasteiger partial charge in [-0.1, -0.05) is 12.1 Å². The molecule has 5 heteroatoms. The van der Waals surface area contributed by atoms with Crippen LogP contribution in [0, 0.1) is 12.8 Å². The van der Waals surface area contributed by atoms with Gasteiger partial charge in [-0.05, 0) is 25.7 Å². The van der Waals surface area contributed by atoms with Crippen molar-refractivity contribution < 1.29 is 9.32 Å². The van der Waals surface area contributed by atoms with E-state index in [1.165, 1.54) is 0 Å². The van der Waals surface area contributed by atoms with Crippen LogP contribution in [-0.2, 0) is 11.2 Å². The lowest BCUT2D eigenvalue weighted by Crippen LogP contribution is -2.28. The molecule has 0 saturated carbocycles. The van der Waals surface area contributed by atoms with Crippen molar-refractivity contribution in [1.29, 1.82) is 0 Å². The molecule has 0 spiro atoms. The van der Waals surface area contributed by atoms with Crippen molar-refractivity contribution in [3.05, 3.63) is 11.7 Å². The molecule has 5 nitrogen and oxygen atoms in total. The van der Waals surface area contributed by atoms with E-state index >= 15 is 0 Å². The Hall–Kier alpha value is -1.39. The van der Waals surface area contributed by atoms with Gasteiger partial charge < -0.3 is 9.42 Å². The van der Waals surface area contributed by atoms with Crippen LogP contribution in [0.15, 0.2) is 4.52 Å². The first-order valence-electron chi connectivity index (χ1n) is 6.22. The van der Waals surface area contributed by atoms with E-state index in [9.17, 15) is 4.79 Å². The lowest BCUT2D eigenvalue weighted by Gasteiger charge is -2.15. The van der Waals surface area contributed by atoms with Gasteiger partial charge >= 0.3 is 0 Å². The van der Waals surface area contributed by atoms with E-state index in [2.05, 4.69) is 17.1 Å². The summed E-state index contributed by atoms with van der Waals surface area (Å²) in [5.41, 5.74) is 0. The highest BCUT2D eigenvalue weighted by atomic mass is 16.5. The molecular formula is C12H19N3O2. The molecular weight excluding hydrogens is 218 g/mol. The molecule has 0 N–H and O–H groups in total. The Morgan fingerprint density at radius 1 is 1.59 bits per heavy atom. The molecule has 1 aromatic heterocycles. The molecule has 1 fully saturated rings. The number of carbonyl (C=O) groups excluding carboxylic acids is 1. The number of aromatic nitrogens is 2. The van der Waals surface area contributed by atoms with Crippen molar-refractivity contribution >= 4 is 5.91 Å². The van der Waals surface area contributed by atoms with Crippen LogP contribution in [0.2, 0.25) is 0 Å². The fourth-order valence-electron chi connectivity index (χ4n) is 2.15. The number of rotatable bonds is 4. The van der Waals surface area contributed by atoms with Crippen molar-refractivity contribution in [3.63, 3.8) is 0 Å². The summed E-state index contributed by atoms with van der Waals surface area (Å²) in [5, 5.41) is 3.72. The Balaban J connectivity index is 1.70. The zero-order valence-electron chi connectivity index (χ0n) is 10.5. The van der Waals surface area contributed by atoms with Gasteiger partial charge in [-0.25, -0.2) is 0 Å². The van der Waals surface area contributed by atoms with E-state index in [4.69, 9.17) is 4.52 Å². The molecule has 1 saturated heterocycles. The Kier molecular flexibility index (Phi) is 3.76. The summed E-state index contributed by atoms with van der Waals surface area (Å²) < 4.78 is 5.00. The van der Waals surface area contributed by atoms with Gasteiger partial charge in [0.1, 0.15) is 0 Å². The lowest BCUT2D eigenvalue weighted by molar-refractivity contribution is -0.130. The molecule has 1 aromatic rings. The van der Waals surface area contributed by atoms with Gasteiger partial charge in [0.2, 0.25) is 11.8 Å². The Morgan fingerprint density at radius 3 is 3.00 bits per heavy atom. The molecule has 94 valence electrons. The standard InChI is InChI=1S/C12H19N3O2/c1-9-6-7-15(8-9)12(16)5-3-4-11-13-10(2)14-17-11/h9H,3-8H2,1-2H3. The van der Waals surface area contributed by atoms with Gasteiger partial charge in [0.05, 0.1) is 0 Å². The largest absolute Gasteiger partial charge is 0.342 e. The number of hydrogen-bond donors (Lipinski definition) is 0. The number of nitrogens with zero attached hydrogens (tertiary/aromatic N) is 3. The van der Waals surface area contributed by atoms with E-state index in [0.717, 1.165) is 25.9 Å². The Bertz CT molecular complexity index is 389. The monoisotopic (exact) mass is 237 g/mol. The predicted molar refractivity (Wildman–Crippen MR) is 62.3 cm³/mol. The summed E-state index contributed by atoms with van der Waals surface area (Å²) in [6.45, 7) is 5.82. The average Bonchev–Trinajstić information content (AvgIpc) is 2.88. The van der Waals surface area contributed by atoms with Crippen LogP contribution in [0.3, 0.4) is 0 Å². The topological polar surface area (TPSA) is 59.2 Å². The maximum Gasteiger partial charge on any atom is 0.226 e. The number of carbonyl (C=O) groups is 1. The molecule has 1 atom stereocenters. The second-order valence-corrected chi connectivity index (χ2v) is 4.82. The van der Waals surface area contributed by atoms with Crippen molar-refractivity contribution in [2.24, 2.45) is 5.92 Å². The molecule has 1 amide bonds. The van der Waals surface area contributed by atoms with Crippen LogP contribution in [0.4, 0.5) is 0 Å². The van der Waals surface area contributed by atoms with Crippen molar-refractivity contribution in [2.75, 3.05) is 13.1 Å². The predicted octanol–water partition coefficient (Wildman–Crippen LogP) is 1.57. The highest BCUT2D eigenvalue weighted by Gasteiger charge is 2.22. The van der Waals surface area contributed by atoms with Gasteiger partial charge in [0, 0.05) is 25.9 Å². The summed E-state index contributed by atoms with van der Waals surface area (Å²) in [4.78, 5) is 17.9. The Labute approximate surface area is 101 Å². The quantitative estimate of drug-likeness (QED) is 0.797. The maximum absolute atomic E-state index is 11.8. The number of likely N-dealkylation sites (tertiary alicyclic amines) is 1. The average molecular weight is 237 g/mol. The summed E-state index contributed by atoms with van der Waals surface area (Å²) in [7, 11) is 0. The van der Waals surface area contributed by atoms with Gasteiger partial charge in [-0.2, -0.15) is 4.98 Å². The minimum Gasteiger partial charge on any atom is -0.342 e. The van der Waals surface area contributed by atoms with E-state index < -0.39 is 0 Å². The molecule has 0 aromatic carbocycles. The molecule has 2 heterocycles. The number of amides is 1. The van der Waals surface area contributed by atoms with Crippen LogP contribution < -0.4 is 0 Å². The maximum atomic E-state index is 11.8. The molecule has 0 aliphatic carbocycles. The minimum absolute atomic E-state index is 0.255. The Morgan fingerprint density at radius 2 is 2.41 bits per heavy atom. The van der Waals surface area contributed by atoms with Gasteiger partial charge in [-0.15, -0.1) is 0 Å². The summed E-state index contributed by atoms with van der Waals surface area (Å²) in [5.74, 6) is 2.19. The zero-order valence-corrected chi connectivity index (χ0v) is 10.5. The zero-order chi connectivity index (χ0) is 12.3. The fraction of sp³-hybridized carbons (Fsp3) is 0.750.